The lowest BCUT2D eigenvalue weighted by molar-refractivity contribution is -0.137. The Bertz CT molecular complexity index is 429. The average molecular weight is 401 g/mol. The summed E-state index contributed by atoms with van der Waals surface area (Å²) in [7, 11) is 7.47. The van der Waals surface area contributed by atoms with Gasteiger partial charge in [-0.25, -0.2) is 4.99 Å². The molecule has 0 N–H and O–H groups in total. The molecular formula is C13H19F3IN3. The van der Waals surface area contributed by atoms with Crippen LogP contribution in [0.5, 0.6) is 0 Å². The van der Waals surface area contributed by atoms with E-state index in [0.717, 1.165) is 23.7 Å². The number of benzene rings is 1. The molecule has 0 aliphatic carbocycles. The van der Waals surface area contributed by atoms with E-state index >= 15 is 0 Å². The van der Waals surface area contributed by atoms with Crippen molar-refractivity contribution in [1.29, 1.82) is 0 Å². The van der Waals surface area contributed by atoms with Crippen LogP contribution in [0.25, 0.3) is 0 Å². The number of halogens is 4. The van der Waals surface area contributed by atoms with Gasteiger partial charge in [0.15, 0.2) is 5.96 Å². The highest BCUT2D eigenvalue weighted by molar-refractivity contribution is 14.0. The lowest BCUT2D eigenvalue weighted by Gasteiger charge is -2.22. The normalized spacial score (nSPS) is 10.6. The summed E-state index contributed by atoms with van der Waals surface area (Å²) in [5.41, 5.74) is 0.106. The standard InChI is InChI=1S/C13H18F3N3.HI/c1-18(2)12(19(3)4)17-9-10-5-7-11(8-6-10)13(14,15)16;/h5-8H,9H2,1-4H3;1H. The molecule has 1 rings (SSSR count). The van der Waals surface area contributed by atoms with Crippen molar-refractivity contribution in [3.8, 4) is 0 Å². The Morgan fingerprint density at radius 3 is 1.80 bits per heavy atom. The highest BCUT2D eigenvalue weighted by atomic mass is 127. The van der Waals surface area contributed by atoms with E-state index in [1.807, 2.05) is 38.0 Å². The van der Waals surface area contributed by atoms with Gasteiger partial charge in [0.2, 0.25) is 0 Å². The van der Waals surface area contributed by atoms with Gasteiger partial charge in [-0.2, -0.15) is 13.2 Å². The van der Waals surface area contributed by atoms with E-state index in [9.17, 15) is 13.2 Å². The Kier molecular flexibility index (Phi) is 7.32. The minimum atomic E-state index is -4.29. The monoisotopic (exact) mass is 401 g/mol. The molecule has 20 heavy (non-hydrogen) atoms. The summed E-state index contributed by atoms with van der Waals surface area (Å²) in [6.07, 6.45) is -4.29. The fraction of sp³-hybridized carbons (Fsp3) is 0.462. The van der Waals surface area contributed by atoms with Gasteiger partial charge < -0.3 is 9.80 Å². The van der Waals surface area contributed by atoms with Gasteiger partial charge in [-0.05, 0) is 17.7 Å². The number of hydrogen-bond donors (Lipinski definition) is 0. The minimum absolute atomic E-state index is 0. The van der Waals surface area contributed by atoms with Crippen LogP contribution < -0.4 is 0 Å². The quantitative estimate of drug-likeness (QED) is 0.430. The molecule has 0 spiro atoms. The fourth-order valence-corrected chi connectivity index (χ4v) is 1.64. The smallest absolute Gasteiger partial charge is 0.349 e. The third-order valence-corrected chi connectivity index (χ3v) is 2.48. The van der Waals surface area contributed by atoms with Crippen LogP contribution in [-0.2, 0) is 12.7 Å². The molecule has 3 nitrogen and oxygen atoms in total. The molecule has 7 heteroatoms. The molecule has 0 unspecified atom stereocenters. The predicted molar refractivity (Wildman–Crippen MR) is 85.4 cm³/mol. The molecule has 0 saturated heterocycles. The van der Waals surface area contributed by atoms with Crippen molar-refractivity contribution >= 4 is 29.9 Å². The van der Waals surface area contributed by atoms with Gasteiger partial charge in [-0.3, -0.25) is 0 Å². The Labute approximate surface area is 134 Å². The fourth-order valence-electron chi connectivity index (χ4n) is 1.64. The van der Waals surface area contributed by atoms with Crippen LogP contribution in [0.4, 0.5) is 13.2 Å². The molecule has 0 aliphatic heterocycles. The predicted octanol–water partition coefficient (Wildman–Crippen LogP) is 3.30. The molecule has 0 amide bonds. The van der Waals surface area contributed by atoms with Crippen LogP contribution >= 0.6 is 24.0 Å². The van der Waals surface area contributed by atoms with Crippen LogP contribution in [0, 0.1) is 0 Å². The van der Waals surface area contributed by atoms with E-state index in [1.54, 1.807) is 0 Å². The average Bonchev–Trinajstić information content (AvgIpc) is 2.27. The lowest BCUT2D eigenvalue weighted by Crippen LogP contribution is -2.35. The summed E-state index contributed by atoms with van der Waals surface area (Å²) in [5, 5.41) is 0. The van der Waals surface area contributed by atoms with Crippen LogP contribution in [0.1, 0.15) is 11.1 Å². The van der Waals surface area contributed by atoms with Gasteiger partial charge in [0, 0.05) is 28.2 Å². The SMILES string of the molecule is CN(C)C(=NCc1ccc(C(F)(F)F)cc1)N(C)C.I. The molecule has 0 radical (unpaired) electrons. The molecule has 0 saturated carbocycles. The molecule has 0 aromatic heterocycles. The Hall–Kier alpha value is -0.990. The van der Waals surface area contributed by atoms with Crippen molar-refractivity contribution in [1.82, 2.24) is 9.80 Å². The second-order valence-electron chi connectivity index (χ2n) is 4.60. The highest BCUT2D eigenvalue weighted by Gasteiger charge is 2.29. The first-order valence-electron chi connectivity index (χ1n) is 5.77. The van der Waals surface area contributed by atoms with E-state index in [2.05, 4.69) is 4.99 Å². The third-order valence-electron chi connectivity index (χ3n) is 2.48. The van der Waals surface area contributed by atoms with Gasteiger partial charge >= 0.3 is 6.18 Å². The topological polar surface area (TPSA) is 18.8 Å². The van der Waals surface area contributed by atoms with E-state index in [1.165, 1.54) is 12.1 Å². The maximum Gasteiger partial charge on any atom is 0.416 e. The molecule has 0 atom stereocenters. The van der Waals surface area contributed by atoms with Gasteiger partial charge in [-0.1, -0.05) is 12.1 Å². The van der Waals surface area contributed by atoms with Gasteiger partial charge in [0.25, 0.3) is 0 Å². The molecule has 1 aromatic rings. The zero-order chi connectivity index (χ0) is 14.6. The second-order valence-corrected chi connectivity index (χ2v) is 4.60. The largest absolute Gasteiger partial charge is 0.416 e. The van der Waals surface area contributed by atoms with Crippen molar-refractivity contribution in [2.75, 3.05) is 28.2 Å². The number of guanidine groups is 1. The molecule has 114 valence electrons. The summed E-state index contributed by atoms with van der Waals surface area (Å²) in [4.78, 5) is 8.07. The first kappa shape index (κ1) is 19.0. The summed E-state index contributed by atoms with van der Waals surface area (Å²) < 4.78 is 37.2. The summed E-state index contributed by atoms with van der Waals surface area (Å²) in [6, 6.07) is 5.07. The molecule has 0 fully saturated rings. The van der Waals surface area contributed by atoms with Crippen molar-refractivity contribution < 1.29 is 13.2 Å². The molecule has 1 aromatic carbocycles. The third kappa shape index (κ3) is 5.56. The highest BCUT2D eigenvalue weighted by Crippen LogP contribution is 2.29. The summed E-state index contributed by atoms with van der Waals surface area (Å²) in [5.74, 6) is 0.764. The van der Waals surface area contributed by atoms with Crippen LogP contribution in [0.3, 0.4) is 0 Å². The van der Waals surface area contributed by atoms with Crippen molar-refractivity contribution in [3.63, 3.8) is 0 Å². The number of rotatable bonds is 2. The summed E-state index contributed by atoms with van der Waals surface area (Å²) >= 11 is 0. The maximum atomic E-state index is 12.4. The maximum absolute atomic E-state index is 12.4. The van der Waals surface area contributed by atoms with Crippen molar-refractivity contribution in [2.45, 2.75) is 12.7 Å². The lowest BCUT2D eigenvalue weighted by atomic mass is 10.1. The van der Waals surface area contributed by atoms with E-state index in [4.69, 9.17) is 0 Å². The van der Waals surface area contributed by atoms with Gasteiger partial charge in [0.05, 0.1) is 12.1 Å². The molecular weight excluding hydrogens is 382 g/mol. The second kappa shape index (κ2) is 7.70. The van der Waals surface area contributed by atoms with E-state index < -0.39 is 11.7 Å². The minimum Gasteiger partial charge on any atom is -0.349 e. The zero-order valence-electron chi connectivity index (χ0n) is 11.9. The van der Waals surface area contributed by atoms with Crippen LogP contribution in [-0.4, -0.2) is 44.0 Å². The van der Waals surface area contributed by atoms with Crippen LogP contribution in [0.15, 0.2) is 29.3 Å². The Morgan fingerprint density at radius 1 is 1.00 bits per heavy atom. The molecule has 0 aliphatic rings. The van der Waals surface area contributed by atoms with Crippen molar-refractivity contribution in [2.24, 2.45) is 4.99 Å². The number of alkyl halides is 3. The van der Waals surface area contributed by atoms with E-state index in [-0.39, 0.29) is 24.0 Å². The van der Waals surface area contributed by atoms with Gasteiger partial charge in [-0.15, -0.1) is 24.0 Å². The summed E-state index contributed by atoms with van der Waals surface area (Å²) in [6.45, 7) is 0.351. The Morgan fingerprint density at radius 2 is 1.45 bits per heavy atom. The van der Waals surface area contributed by atoms with Gasteiger partial charge in [0.1, 0.15) is 0 Å². The number of nitrogens with zero attached hydrogens (tertiary/aromatic N) is 3. The van der Waals surface area contributed by atoms with Crippen molar-refractivity contribution in [3.05, 3.63) is 35.4 Å². The number of hydrogen-bond acceptors (Lipinski definition) is 1. The van der Waals surface area contributed by atoms with E-state index in [0.29, 0.717) is 6.54 Å². The zero-order valence-corrected chi connectivity index (χ0v) is 14.2. The Balaban J connectivity index is 0.00000361. The molecule has 0 bridgehead atoms. The van der Waals surface area contributed by atoms with Crippen LogP contribution in [0.2, 0.25) is 0 Å². The number of aliphatic imine (C=N–C) groups is 1. The first-order valence-corrected chi connectivity index (χ1v) is 5.77. The molecule has 0 heterocycles. The first-order chi connectivity index (χ1) is 8.71.